The first-order valence-corrected chi connectivity index (χ1v) is 8.85. The van der Waals surface area contributed by atoms with E-state index in [1.807, 2.05) is 36.5 Å². The van der Waals surface area contributed by atoms with Gasteiger partial charge in [0, 0.05) is 19.0 Å². The van der Waals surface area contributed by atoms with Crippen molar-refractivity contribution >= 4 is 9.84 Å². The molecule has 0 spiro atoms. The summed E-state index contributed by atoms with van der Waals surface area (Å²) in [6, 6.07) is 9.28. The maximum absolute atomic E-state index is 12.2. The zero-order valence-electron chi connectivity index (χ0n) is 11.7. The Balaban J connectivity index is 1.67. The lowest BCUT2D eigenvalue weighted by atomic mass is 10.2. The molecule has 0 saturated carbocycles. The Morgan fingerprint density at radius 3 is 2.71 bits per heavy atom. The molecule has 21 heavy (non-hydrogen) atoms. The molecule has 1 fully saturated rings. The summed E-state index contributed by atoms with van der Waals surface area (Å²) >= 11 is 0. The second kappa shape index (κ2) is 5.99. The van der Waals surface area contributed by atoms with Crippen molar-refractivity contribution in [2.45, 2.75) is 24.7 Å². The normalized spacial score (nSPS) is 19.0. The fourth-order valence-corrected chi connectivity index (χ4v) is 4.19. The molecule has 6 heteroatoms. The van der Waals surface area contributed by atoms with Crippen molar-refractivity contribution in [3.05, 3.63) is 48.3 Å². The van der Waals surface area contributed by atoms with Crippen molar-refractivity contribution in [1.29, 1.82) is 0 Å². The van der Waals surface area contributed by atoms with Crippen LogP contribution in [0.5, 0.6) is 0 Å². The fraction of sp³-hybridized carbons (Fsp3) is 0.400. The van der Waals surface area contributed by atoms with E-state index in [0.29, 0.717) is 6.61 Å². The van der Waals surface area contributed by atoms with Crippen molar-refractivity contribution in [3.8, 4) is 5.69 Å². The number of hydrogen-bond donors (Lipinski definition) is 0. The molecule has 0 amide bonds. The van der Waals surface area contributed by atoms with Crippen molar-refractivity contribution in [2.24, 2.45) is 0 Å². The van der Waals surface area contributed by atoms with Gasteiger partial charge in [-0.2, -0.15) is 5.10 Å². The quantitative estimate of drug-likeness (QED) is 0.847. The number of ether oxygens (including phenoxy) is 1. The van der Waals surface area contributed by atoms with Crippen molar-refractivity contribution in [2.75, 3.05) is 12.4 Å². The highest BCUT2D eigenvalue weighted by atomic mass is 32.2. The maximum Gasteiger partial charge on any atom is 0.156 e. The standard InChI is InChI=1S/C15H18N2O3S/c18-21(19,12-15-3-1-10-20-15)11-13-4-6-14(7-5-13)17-9-2-8-16-17/h2,4-9,15H,1,3,10-12H2/t15-/m1/s1. The van der Waals surface area contributed by atoms with E-state index in [-0.39, 0.29) is 17.6 Å². The van der Waals surface area contributed by atoms with Gasteiger partial charge in [0.25, 0.3) is 0 Å². The molecule has 0 aliphatic carbocycles. The zero-order valence-corrected chi connectivity index (χ0v) is 12.5. The first-order chi connectivity index (χ1) is 10.1. The van der Waals surface area contributed by atoms with E-state index in [4.69, 9.17) is 4.74 Å². The lowest BCUT2D eigenvalue weighted by Gasteiger charge is -2.10. The van der Waals surface area contributed by atoms with E-state index in [0.717, 1.165) is 24.1 Å². The van der Waals surface area contributed by atoms with Crippen LogP contribution in [0.3, 0.4) is 0 Å². The lowest BCUT2D eigenvalue weighted by Crippen LogP contribution is -2.21. The van der Waals surface area contributed by atoms with Crippen LogP contribution in [-0.4, -0.2) is 36.7 Å². The predicted molar refractivity (Wildman–Crippen MR) is 80.0 cm³/mol. The van der Waals surface area contributed by atoms with Crippen molar-refractivity contribution in [1.82, 2.24) is 9.78 Å². The highest BCUT2D eigenvalue weighted by molar-refractivity contribution is 7.90. The Morgan fingerprint density at radius 2 is 2.10 bits per heavy atom. The second-order valence-electron chi connectivity index (χ2n) is 5.31. The molecule has 5 nitrogen and oxygen atoms in total. The summed E-state index contributed by atoms with van der Waals surface area (Å²) in [6.45, 7) is 0.679. The third kappa shape index (κ3) is 3.71. The molecule has 1 aromatic carbocycles. The average molecular weight is 306 g/mol. The van der Waals surface area contributed by atoms with Crippen molar-refractivity contribution in [3.63, 3.8) is 0 Å². The van der Waals surface area contributed by atoms with Gasteiger partial charge in [0.2, 0.25) is 0 Å². The summed E-state index contributed by atoms with van der Waals surface area (Å²) in [4.78, 5) is 0. The van der Waals surface area contributed by atoms with Crippen LogP contribution in [-0.2, 0) is 20.3 Å². The van der Waals surface area contributed by atoms with Crippen LogP contribution in [0, 0.1) is 0 Å². The fourth-order valence-electron chi connectivity index (χ4n) is 2.54. The smallest absolute Gasteiger partial charge is 0.156 e. The molecule has 1 aliphatic rings. The highest BCUT2D eigenvalue weighted by Gasteiger charge is 2.23. The molecule has 2 heterocycles. The van der Waals surface area contributed by atoms with Gasteiger partial charge in [-0.1, -0.05) is 12.1 Å². The van der Waals surface area contributed by atoms with E-state index in [1.165, 1.54) is 0 Å². The van der Waals surface area contributed by atoms with Gasteiger partial charge < -0.3 is 4.74 Å². The Bertz CT molecular complexity index is 672. The number of rotatable bonds is 5. The zero-order chi connectivity index (χ0) is 14.7. The maximum atomic E-state index is 12.2. The number of aromatic nitrogens is 2. The third-order valence-electron chi connectivity index (χ3n) is 3.56. The van der Waals surface area contributed by atoms with Crippen LogP contribution in [0.4, 0.5) is 0 Å². The molecule has 0 radical (unpaired) electrons. The average Bonchev–Trinajstić information content (AvgIpc) is 3.11. The van der Waals surface area contributed by atoms with E-state index in [9.17, 15) is 8.42 Å². The van der Waals surface area contributed by atoms with E-state index < -0.39 is 9.84 Å². The number of sulfone groups is 1. The summed E-state index contributed by atoms with van der Waals surface area (Å²) < 4.78 is 31.5. The van der Waals surface area contributed by atoms with Gasteiger partial charge in [-0.05, 0) is 36.6 Å². The molecular weight excluding hydrogens is 288 g/mol. The SMILES string of the molecule is O=S(=O)(Cc1ccc(-n2cccn2)cc1)C[C@H]1CCCO1. The molecule has 3 rings (SSSR count). The summed E-state index contributed by atoms with van der Waals surface area (Å²) in [5.41, 5.74) is 1.71. The van der Waals surface area contributed by atoms with E-state index in [2.05, 4.69) is 5.10 Å². The number of nitrogens with zero attached hydrogens (tertiary/aromatic N) is 2. The second-order valence-corrected chi connectivity index (χ2v) is 7.42. The van der Waals surface area contributed by atoms with Gasteiger partial charge in [-0.3, -0.25) is 0 Å². The monoisotopic (exact) mass is 306 g/mol. The first kappa shape index (κ1) is 14.3. The molecule has 1 atom stereocenters. The Hall–Kier alpha value is -1.66. The predicted octanol–water partition coefficient (Wildman–Crippen LogP) is 1.97. The van der Waals surface area contributed by atoms with Crippen LogP contribution in [0.15, 0.2) is 42.7 Å². The molecule has 1 aliphatic heterocycles. The minimum atomic E-state index is -3.13. The minimum Gasteiger partial charge on any atom is -0.377 e. The summed E-state index contributed by atoms with van der Waals surface area (Å²) in [7, 11) is -3.13. The molecule has 0 N–H and O–H groups in total. The minimum absolute atomic E-state index is 0.0618. The molecule has 0 unspecified atom stereocenters. The highest BCUT2D eigenvalue weighted by Crippen LogP contribution is 2.17. The van der Waals surface area contributed by atoms with E-state index in [1.54, 1.807) is 10.9 Å². The number of benzene rings is 1. The van der Waals surface area contributed by atoms with Gasteiger partial charge >= 0.3 is 0 Å². The first-order valence-electron chi connectivity index (χ1n) is 7.03. The Morgan fingerprint density at radius 1 is 1.29 bits per heavy atom. The summed E-state index contributed by atoms with van der Waals surface area (Å²) in [5, 5.41) is 4.14. The summed E-state index contributed by atoms with van der Waals surface area (Å²) in [5.74, 6) is 0.181. The van der Waals surface area contributed by atoms with E-state index >= 15 is 0 Å². The molecule has 1 aromatic heterocycles. The van der Waals surface area contributed by atoms with Gasteiger partial charge in [-0.25, -0.2) is 13.1 Å². The topological polar surface area (TPSA) is 61.2 Å². The van der Waals surface area contributed by atoms with Crippen LogP contribution < -0.4 is 0 Å². The van der Waals surface area contributed by atoms with Gasteiger partial charge in [0.15, 0.2) is 9.84 Å². The molecular formula is C15H18N2O3S. The van der Waals surface area contributed by atoms with Crippen LogP contribution in [0.2, 0.25) is 0 Å². The Labute approximate surface area is 124 Å². The van der Waals surface area contributed by atoms with Gasteiger partial charge in [0.05, 0.1) is 23.3 Å². The van der Waals surface area contributed by atoms with Crippen LogP contribution >= 0.6 is 0 Å². The van der Waals surface area contributed by atoms with Crippen molar-refractivity contribution < 1.29 is 13.2 Å². The van der Waals surface area contributed by atoms with Crippen LogP contribution in [0.25, 0.3) is 5.69 Å². The van der Waals surface area contributed by atoms with Gasteiger partial charge in [-0.15, -0.1) is 0 Å². The number of hydrogen-bond acceptors (Lipinski definition) is 4. The Kier molecular flexibility index (Phi) is 4.07. The molecule has 0 bridgehead atoms. The molecule has 1 saturated heterocycles. The van der Waals surface area contributed by atoms with Gasteiger partial charge in [0.1, 0.15) is 0 Å². The molecule has 112 valence electrons. The summed E-state index contributed by atoms with van der Waals surface area (Å²) in [6.07, 6.45) is 5.23. The third-order valence-corrected chi connectivity index (χ3v) is 5.21. The van der Waals surface area contributed by atoms with Crippen LogP contribution in [0.1, 0.15) is 18.4 Å². The molecule has 2 aromatic rings. The largest absolute Gasteiger partial charge is 0.377 e. The lowest BCUT2D eigenvalue weighted by molar-refractivity contribution is 0.127.